The predicted molar refractivity (Wildman–Crippen MR) is 65.1 cm³/mol. The van der Waals surface area contributed by atoms with Crippen LogP contribution in [0.4, 0.5) is 5.82 Å². The second-order valence-electron chi connectivity index (χ2n) is 4.17. The molecule has 0 aliphatic carbocycles. The summed E-state index contributed by atoms with van der Waals surface area (Å²) in [6.07, 6.45) is 3.57. The molecular weight excluding hydrogens is 208 g/mol. The number of hydrogen-bond donors (Lipinski definition) is 2. The summed E-state index contributed by atoms with van der Waals surface area (Å²) >= 11 is 1.61. The Morgan fingerprint density at radius 3 is 2.80 bits per heavy atom. The number of nitrogens with zero attached hydrogens (tertiary/aromatic N) is 2. The molecule has 1 aromatic rings. The van der Waals surface area contributed by atoms with E-state index in [0.29, 0.717) is 6.54 Å². The molecule has 1 aromatic heterocycles. The number of nitrogens with two attached hydrogens (primary N) is 1. The molecule has 15 heavy (non-hydrogen) atoms. The molecule has 1 heterocycles. The fraction of sp³-hybridized carbons (Fsp3) is 0.600. The van der Waals surface area contributed by atoms with Gasteiger partial charge in [0.1, 0.15) is 17.2 Å². The first kappa shape index (κ1) is 12.3. The Morgan fingerprint density at radius 2 is 2.20 bits per heavy atom. The van der Waals surface area contributed by atoms with Crippen LogP contribution >= 0.6 is 11.8 Å². The molecule has 0 bridgehead atoms. The molecule has 5 heteroatoms. The third-order valence-electron chi connectivity index (χ3n) is 2.15. The number of anilines is 1. The lowest BCUT2D eigenvalue weighted by Gasteiger charge is -2.22. The zero-order chi connectivity index (χ0) is 11.3. The molecule has 3 N–H and O–H groups in total. The zero-order valence-electron chi connectivity index (χ0n) is 9.45. The lowest BCUT2D eigenvalue weighted by Crippen LogP contribution is -2.31. The first-order valence-corrected chi connectivity index (χ1v) is 6.10. The van der Waals surface area contributed by atoms with Crippen LogP contribution < -0.4 is 11.1 Å². The minimum Gasteiger partial charge on any atom is -0.369 e. The molecule has 0 saturated carbocycles. The molecule has 0 aromatic carbocycles. The summed E-state index contributed by atoms with van der Waals surface area (Å²) in [6.45, 7) is 5.71. The molecule has 0 radical (unpaired) electrons. The van der Waals surface area contributed by atoms with Crippen LogP contribution in [0, 0.1) is 5.41 Å². The van der Waals surface area contributed by atoms with Gasteiger partial charge in [0.25, 0.3) is 0 Å². The van der Waals surface area contributed by atoms with Crippen LogP contribution in [0.5, 0.6) is 0 Å². The number of thioether (sulfide) groups is 1. The number of hydrogen-bond acceptors (Lipinski definition) is 5. The maximum absolute atomic E-state index is 5.65. The fourth-order valence-corrected chi connectivity index (χ4v) is 1.33. The normalized spacial score (nSPS) is 11.5. The largest absolute Gasteiger partial charge is 0.369 e. The molecule has 0 unspecified atom stereocenters. The van der Waals surface area contributed by atoms with Gasteiger partial charge in [-0.1, -0.05) is 13.8 Å². The van der Waals surface area contributed by atoms with E-state index in [-0.39, 0.29) is 5.41 Å². The third-order valence-corrected chi connectivity index (χ3v) is 2.79. The van der Waals surface area contributed by atoms with Crippen molar-refractivity contribution in [2.75, 3.05) is 24.7 Å². The lowest BCUT2D eigenvalue weighted by molar-refractivity contribution is 0.405. The van der Waals surface area contributed by atoms with Crippen LogP contribution in [-0.2, 0) is 0 Å². The second-order valence-corrected chi connectivity index (χ2v) is 4.99. The first-order valence-electron chi connectivity index (χ1n) is 4.87. The predicted octanol–water partition coefficient (Wildman–Crippen LogP) is 1.60. The van der Waals surface area contributed by atoms with Crippen molar-refractivity contribution < 1.29 is 0 Å². The summed E-state index contributed by atoms with van der Waals surface area (Å²) in [5.74, 6) is 0.857. The SMILES string of the molecule is CSc1cc(NCC(C)(C)CN)ncn1. The Bertz CT molecular complexity index is 314. The van der Waals surface area contributed by atoms with Gasteiger partial charge < -0.3 is 11.1 Å². The maximum Gasteiger partial charge on any atom is 0.130 e. The highest BCUT2D eigenvalue weighted by Gasteiger charge is 2.15. The van der Waals surface area contributed by atoms with E-state index in [1.807, 2.05) is 12.3 Å². The molecule has 4 nitrogen and oxygen atoms in total. The third kappa shape index (κ3) is 4.05. The van der Waals surface area contributed by atoms with Gasteiger partial charge in [-0.15, -0.1) is 11.8 Å². The van der Waals surface area contributed by atoms with E-state index < -0.39 is 0 Å². The summed E-state index contributed by atoms with van der Waals surface area (Å²) in [7, 11) is 0. The summed E-state index contributed by atoms with van der Waals surface area (Å²) in [5, 5.41) is 4.24. The van der Waals surface area contributed by atoms with Crippen molar-refractivity contribution in [3.8, 4) is 0 Å². The van der Waals surface area contributed by atoms with Gasteiger partial charge in [-0.3, -0.25) is 0 Å². The van der Waals surface area contributed by atoms with Gasteiger partial charge in [0.2, 0.25) is 0 Å². The van der Waals surface area contributed by atoms with Crippen molar-refractivity contribution in [2.24, 2.45) is 11.1 Å². The van der Waals surface area contributed by atoms with Gasteiger partial charge in [0, 0.05) is 12.6 Å². The Morgan fingerprint density at radius 1 is 1.47 bits per heavy atom. The van der Waals surface area contributed by atoms with E-state index >= 15 is 0 Å². The molecule has 0 atom stereocenters. The van der Waals surface area contributed by atoms with Crippen LogP contribution in [0.25, 0.3) is 0 Å². The number of aromatic nitrogens is 2. The Kier molecular flexibility index (Phi) is 4.35. The molecule has 1 rings (SSSR count). The Labute approximate surface area is 95.1 Å². The highest BCUT2D eigenvalue weighted by molar-refractivity contribution is 7.98. The fourth-order valence-electron chi connectivity index (χ4n) is 0.950. The minimum absolute atomic E-state index is 0.0878. The molecule has 0 saturated heterocycles. The van der Waals surface area contributed by atoms with Crippen LogP contribution in [0.1, 0.15) is 13.8 Å². The highest BCUT2D eigenvalue weighted by atomic mass is 32.2. The minimum atomic E-state index is 0.0878. The van der Waals surface area contributed by atoms with Crippen LogP contribution in [0.3, 0.4) is 0 Å². The van der Waals surface area contributed by atoms with Crippen molar-refractivity contribution in [1.29, 1.82) is 0 Å². The zero-order valence-corrected chi connectivity index (χ0v) is 10.3. The molecule has 0 fully saturated rings. The summed E-state index contributed by atoms with van der Waals surface area (Å²) < 4.78 is 0. The van der Waals surface area contributed by atoms with Gasteiger partial charge in [-0.05, 0) is 18.2 Å². The van der Waals surface area contributed by atoms with Crippen LogP contribution in [0.15, 0.2) is 17.4 Å². The quantitative estimate of drug-likeness (QED) is 0.590. The van der Waals surface area contributed by atoms with E-state index in [1.165, 1.54) is 0 Å². The van der Waals surface area contributed by atoms with Crippen molar-refractivity contribution in [3.63, 3.8) is 0 Å². The van der Waals surface area contributed by atoms with Gasteiger partial charge in [-0.25, -0.2) is 9.97 Å². The standard InChI is InChI=1S/C10H18N4S/c1-10(2,5-11)6-12-8-4-9(15-3)14-7-13-8/h4,7H,5-6,11H2,1-3H3,(H,12,13,14). The summed E-state index contributed by atoms with van der Waals surface area (Å²) in [6, 6.07) is 1.94. The summed E-state index contributed by atoms with van der Waals surface area (Å²) in [5.41, 5.74) is 5.74. The molecule has 0 spiro atoms. The van der Waals surface area contributed by atoms with Gasteiger partial charge in [0.05, 0.1) is 0 Å². The van der Waals surface area contributed by atoms with E-state index in [4.69, 9.17) is 5.73 Å². The van der Waals surface area contributed by atoms with E-state index in [9.17, 15) is 0 Å². The van der Waals surface area contributed by atoms with Crippen molar-refractivity contribution in [3.05, 3.63) is 12.4 Å². The van der Waals surface area contributed by atoms with Crippen molar-refractivity contribution in [2.45, 2.75) is 18.9 Å². The average Bonchev–Trinajstić information content (AvgIpc) is 2.27. The summed E-state index contributed by atoms with van der Waals surface area (Å²) in [4.78, 5) is 8.26. The average molecular weight is 226 g/mol. The van der Waals surface area contributed by atoms with Gasteiger partial charge in [0.15, 0.2) is 0 Å². The van der Waals surface area contributed by atoms with Gasteiger partial charge >= 0.3 is 0 Å². The van der Waals surface area contributed by atoms with E-state index in [2.05, 4.69) is 29.1 Å². The van der Waals surface area contributed by atoms with Crippen molar-refractivity contribution in [1.82, 2.24) is 9.97 Å². The van der Waals surface area contributed by atoms with Crippen LogP contribution in [-0.4, -0.2) is 29.3 Å². The van der Waals surface area contributed by atoms with E-state index in [0.717, 1.165) is 17.4 Å². The van der Waals surface area contributed by atoms with Crippen LogP contribution in [0.2, 0.25) is 0 Å². The molecule has 0 aliphatic heterocycles. The monoisotopic (exact) mass is 226 g/mol. The first-order chi connectivity index (χ1) is 7.07. The molecule has 0 aliphatic rings. The number of rotatable bonds is 5. The molecule has 0 amide bonds. The van der Waals surface area contributed by atoms with E-state index in [1.54, 1.807) is 18.1 Å². The lowest BCUT2D eigenvalue weighted by atomic mass is 9.94. The second kappa shape index (κ2) is 5.32. The van der Waals surface area contributed by atoms with Crippen molar-refractivity contribution >= 4 is 17.6 Å². The highest BCUT2D eigenvalue weighted by Crippen LogP contribution is 2.16. The smallest absolute Gasteiger partial charge is 0.130 e. The molecule has 84 valence electrons. The number of nitrogens with one attached hydrogen (secondary N) is 1. The topological polar surface area (TPSA) is 63.8 Å². The maximum atomic E-state index is 5.65. The Balaban J connectivity index is 2.57. The Hall–Kier alpha value is -0.810. The van der Waals surface area contributed by atoms with Gasteiger partial charge in [-0.2, -0.15) is 0 Å². The molecular formula is C10H18N4S.